The molecule has 0 saturated carbocycles. The first-order valence-electron chi connectivity index (χ1n) is 6.58. The van der Waals surface area contributed by atoms with Crippen LogP contribution in [0.25, 0.3) is 21.5 Å². The van der Waals surface area contributed by atoms with Gasteiger partial charge in [0, 0.05) is 16.3 Å². The second-order valence-electron chi connectivity index (χ2n) is 4.66. The van der Waals surface area contributed by atoms with Crippen molar-refractivity contribution >= 4 is 45.3 Å². The molecule has 0 heterocycles. The van der Waals surface area contributed by atoms with Crippen molar-refractivity contribution in [2.75, 3.05) is 0 Å². The Balaban J connectivity index is 2.32. The molecule has 6 heteroatoms. The Morgan fingerprint density at radius 2 is 1.50 bits per heavy atom. The van der Waals surface area contributed by atoms with Crippen molar-refractivity contribution in [1.29, 1.82) is 0 Å². The predicted octanol–water partition coefficient (Wildman–Crippen LogP) is 3.27. The Kier molecular flexibility index (Phi) is 3.91. The number of hydroxylamine groups is 1. The van der Waals surface area contributed by atoms with Crippen molar-refractivity contribution in [3.8, 4) is 0 Å². The van der Waals surface area contributed by atoms with Gasteiger partial charge in [-0.1, -0.05) is 60.1 Å². The molecular formula is C16H13ClN4O. The highest BCUT2D eigenvalue weighted by molar-refractivity contribution is 6.42. The van der Waals surface area contributed by atoms with E-state index in [2.05, 4.69) is 10.2 Å². The fourth-order valence-corrected chi connectivity index (χ4v) is 2.75. The van der Waals surface area contributed by atoms with Gasteiger partial charge in [-0.3, -0.25) is 5.21 Å². The number of hydrogen-bond acceptors (Lipinski definition) is 3. The van der Waals surface area contributed by atoms with Crippen LogP contribution in [0.3, 0.4) is 0 Å². The van der Waals surface area contributed by atoms with Crippen LogP contribution in [-0.4, -0.2) is 17.4 Å². The first kappa shape index (κ1) is 14.3. The lowest BCUT2D eigenvalue weighted by Crippen LogP contribution is -2.27. The molecule has 110 valence electrons. The van der Waals surface area contributed by atoms with Crippen LogP contribution in [0.1, 0.15) is 5.56 Å². The number of nitrogens with one attached hydrogen (secondary N) is 1. The van der Waals surface area contributed by atoms with Crippen LogP contribution in [0.4, 0.5) is 0 Å². The molecule has 5 nitrogen and oxygen atoms in total. The van der Waals surface area contributed by atoms with Gasteiger partial charge in [0.25, 0.3) is 0 Å². The van der Waals surface area contributed by atoms with E-state index in [4.69, 9.17) is 22.5 Å². The van der Waals surface area contributed by atoms with E-state index in [1.54, 1.807) is 11.7 Å². The Bertz CT molecular complexity index is 848. The Labute approximate surface area is 131 Å². The SMILES string of the molecule is N/C(=N\N=Cc1c2ccccc2c(Cl)c2ccccc12)NO. The second kappa shape index (κ2) is 6.01. The molecule has 0 saturated heterocycles. The van der Waals surface area contributed by atoms with E-state index in [0.29, 0.717) is 5.02 Å². The number of nitrogens with two attached hydrogens (primary N) is 1. The zero-order valence-corrected chi connectivity index (χ0v) is 12.2. The molecular weight excluding hydrogens is 300 g/mol. The fraction of sp³-hybridized carbons (Fsp3) is 0. The molecule has 22 heavy (non-hydrogen) atoms. The lowest BCUT2D eigenvalue weighted by Gasteiger charge is -2.10. The number of nitrogens with zero attached hydrogens (tertiary/aromatic N) is 2. The van der Waals surface area contributed by atoms with Crippen LogP contribution in [0, 0.1) is 0 Å². The van der Waals surface area contributed by atoms with Crippen molar-refractivity contribution in [2.24, 2.45) is 15.9 Å². The van der Waals surface area contributed by atoms with Gasteiger partial charge in [0.2, 0.25) is 5.96 Å². The number of rotatable bonds is 2. The fourth-order valence-electron chi connectivity index (χ4n) is 2.42. The maximum Gasteiger partial charge on any atom is 0.237 e. The van der Waals surface area contributed by atoms with Crippen molar-refractivity contribution in [3.63, 3.8) is 0 Å². The highest BCUT2D eigenvalue weighted by Gasteiger charge is 2.10. The minimum atomic E-state index is -0.182. The molecule has 3 aromatic carbocycles. The summed E-state index contributed by atoms with van der Waals surface area (Å²) in [5.74, 6) is -0.182. The number of halogens is 1. The van der Waals surface area contributed by atoms with E-state index >= 15 is 0 Å². The maximum atomic E-state index is 8.61. The van der Waals surface area contributed by atoms with Crippen LogP contribution < -0.4 is 11.2 Å². The van der Waals surface area contributed by atoms with Crippen molar-refractivity contribution < 1.29 is 5.21 Å². The van der Waals surface area contributed by atoms with Crippen LogP contribution in [0.5, 0.6) is 0 Å². The molecule has 0 radical (unpaired) electrons. The van der Waals surface area contributed by atoms with Crippen molar-refractivity contribution in [1.82, 2.24) is 5.48 Å². The summed E-state index contributed by atoms with van der Waals surface area (Å²) < 4.78 is 0. The van der Waals surface area contributed by atoms with Gasteiger partial charge >= 0.3 is 0 Å². The normalized spacial score (nSPS) is 12.4. The standard InChI is InChI=1S/C16H13ClN4O/c17-15-12-7-3-1-5-10(12)14(9-19-20-16(18)21-22)11-6-2-4-8-13(11)15/h1-9,22H,(H3,18,20,21). The summed E-state index contributed by atoms with van der Waals surface area (Å²) in [4.78, 5) is 0. The summed E-state index contributed by atoms with van der Waals surface area (Å²) in [7, 11) is 0. The third-order valence-electron chi connectivity index (χ3n) is 3.37. The third kappa shape index (κ3) is 2.47. The van der Waals surface area contributed by atoms with E-state index in [9.17, 15) is 0 Å². The Morgan fingerprint density at radius 1 is 1.00 bits per heavy atom. The minimum Gasteiger partial charge on any atom is -0.367 e. The first-order chi connectivity index (χ1) is 10.7. The molecule has 0 aliphatic heterocycles. The van der Waals surface area contributed by atoms with Gasteiger partial charge in [0.1, 0.15) is 0 Å². The lowest BCUT2D eigenvalue weighted by atomic mass is 9.97. The summed E-state index contributed by atoms with van der Waals surface area (Å²) in [5, 5.41) is 20.7. The van der Waals surface area contributed by atoms with E-state index in [1.165, 1.54) is 0 Å². The monoisotopic (exact) mass is 312 g/mol. The smallest absolute Gasteiger partial charge is 0.237 e. The highest BCUT2D eigenvalue weighted by Crippen LogP contribution is 2.35. The van der Waals surface area contributed by atoms with Gasteiger partial charge in [-0.05, 0) is 10.8 Å². The molecule has 0 aliphatic rings. The Morgan fingerprint density at radius 3 is 2.00 bits per heavy atom. The van der Waals surface area contributed by atoms with Gasteiger partial charge < -0.3 is 5.73 Å². The van der Waals surface area contributed by atoms with Crippen molar-refractivity contribution in [2.45, 2.75) is 0 Å². The maximum absolute atomic E-state index is 8.61. The largest absolute Gasteiger partial charge is 0.367 e. The molecule has 0 amide bonds. The first-order valence-corrected chi connectivity index (χ1v) is 6.95. The van der Waals surface area contributed by atoms with Crippen LogP contribution in [0.2, 0.25) is 5.02 Å². The summed E-state index contributed by atoms with van der Waals surface area (Å²) in [6.07, 6.45) is 1.60. The topological polar surface area (TPSA) is 83.0 Å². The van der Waals surface area contributed by atoms with Gasteiger partial charge in [0.15, 0.2) is 0 Å². The van der Waals surface area contributed by atoms with Gasteiger partial charge in [-0.15, -0.1) is 5.10 Å². The molecule has 0 aliphatic carbocycles. The van der Waals surface area contributed by atoms with Crippen LogP contribution >= 0.6 is 11.6 Å². The van der Waals surface area contributed by atoms with E-state index < -0.39 is 0 Å². The summed E-state index contributed by atoms with van der Waals surface area (Å²) in [6.45, 7) is 0. The lowest BCUT2D eigenvalue weighted by molar-refractivity contribution is 0.232. The molecule has 0 unspecified atom stereocenters. The van der Waals surface area contributed by atoms with Crippen molar-refractivity contribution in [3.05, 3.63) is 59.1 Å². The quantitative estimate of drug-likeness (QED) is 0.294. The molecule has 3 rings (SSSR count). The number of fused-ring (bicyclic) bond motifs is 2. The predicted molar refractivity (Wildman–Crippen MR) is 90.6 cm³/mol. The van der Waals surface area contributed by atoms with Crippen LogP contribution in [0.15, 0.2) is 58.7 Å². The third-order valence-corrected chi connectivity index (χ3v) is 3.78. The molecule has 0 bridgehead atoms. The summed E-state index contributed by atoms with van der Waals surface area (Å²) in [6, 6.07) is 15.7. The van der Waals surface area contributed by atoms with E-state index in [1.807, 2.05) is 48.5 Å². The zero-order chi connectivity index (χ0) is 15.5. The molecule has 3 aromatic rings. The average molecular weight is 313 g/mol. The zero-order valence-electron chi connectivity index (χ0n) is 11.5. The summed E-state index contributed by atoms with van der Waals surface area (Å²) >= 11 is 6.52. The number of guanidine groups is 1. The molecule has 0 aromatic heterocycles. The second-order valence-corrected chi connectivity index (χ2v) is 5.04. The van der Waals surface area contributed by atoms with E-state index in [0.717, 1.165) is 27.1 Å². The number of benzene rings is 3. The number of hydrogen-bond donors (Lipinski definition) is 3. The van der Waals surface area contributed by atoms with Gasteiger partial charge in [-0.25, -0.2) is 5.48 Å². The summed E-state index contributed by atoms with van der Waals surface area (Å²) in [5.41, 5.74) is 7.96. The minimum absolute atomic E-state index is 0.182. The average Bonchev–Trinajstić information content (AvgIpc) is 2.57. The molecule has 0 atom stereocenters. The van der Waals surface area contributed by atoms with Gasteiger partial charge in [0.05, 0.1) is 11.2 Å². The highest BCUT2D eigenvalue weighted by atomic mass is 35.5. The molecule has 4 N–H and O–H groups in total. The van der Waals surface area contributed by atoms with E-state index in [-0.39, 0.29) is 5.96 Å². The molecule has 0 fully saturated rings. The Hall–Kier alpha value is -2.63. The van der Waals surface area contributed by atoms with Gasteiger partial charge in [-0.2, -0.15) is 5.10 Å². The molecule has 0 spiro atoms. The van der Waals surface area contributed by atoms with Crippen LogP contribution in [-0.2, 0) is 0 Å².